The summed E-state index contributed by atoms with van der Waals surface area (Å²) >= 11 is 0. The third-order valence-electron chi connectivity index (χ3n) is 3.05. The summed E-state index contributed by atoms with van der Waals surface area (Å²) in [6.07, 6.45) is -0.790. The predicted molar refractivity (Wildman–Crippen MR) is 68.6 cm³/mol. The molecule has 0 rings (SSSR count). The second-order valence-corrected chi connectivity index (χ2v) is 4.37. The first-order valence-electron chi connectivity index (χ1n) is 6.48. The highest BCUT2D eigenvalue weighted by atomic mass is 19.3. The van der Waals surface area contributed by atoms with Crippen molar-refractivity contribution in [2.45, 2.75) is 52.1 Å². The van der Waals surface area contributed by atoms with Crippen molar-refractivity contribution in [2.75, 3.05) is 19.6 Å². The van der Waals surface area contributed by atoms with E-state index in [2.05, 4.69) is 5.32 Å². The Bertz CT molecular complexity index is 235. The molecule has 0 fully saturated rings. The number of nitrogens with one attached hydrogen (secondary N) is 1. The van der Waals surface area contributed by atoms with Crippen LogP contribution < -0.4 is 11.1 Å². The van der Waals surface area contributed by atoms with Crippen LogP contribution in [-0.2, 0) is 4.79 Å². The number of alkyl halides is 2. The van der Waals surface area contributed by atoms with Crippen LogP contribution in [0.1, 0.15) is 33.6 Å². The highest BCUT2D eigenvalue weighted by molar-refractivity contribution is 5.81. The van der Waals surface area contributed by atoms with Gasteiger partial charge in [-0.05, 0) is 19.8 Å². The molecule has 0 aliphatic heterocycles. The van der Waals surface area contributed by atoms with E-state index in [9.17, 15) is 13.6 Å². The lowest BCUT2D eigenvalue weighted by atomic mass is 10.1. The number of rotatable bonds is 9. The summed E-state index contributed by atoms with van der Waals surface area (Å²) in [5.74, 6) is -0.210. The molecule has 0 bridgehead atoms. The SMILES string of the molecule is CCC(CC)NC(=O)C(C)N(CCN)CC(F)F. The maximum atomic E-state index is 12.4. The number of nitrogens with zero attached hydrogens (tertiary/aromatic N) is 1. The van der Waals surface area contributed by atoms with Crippen LogP contribution >= 0.6 is 0 Å². The van der Waals surface area contributed by atoms with E-state index in [-0.39, 0.29) is 18.5 Å². The van der Waals surface area contributed by atoms with Crippen molar-refractivity contribution in [1.82, 2.24) is 10.2 Å². The summed E-state index contributed by atoms with van der Waals surface area (Å²) in [7, 11) is 0. The zero-order valence-corrected chi connectivity index (χ0v) is 11.5. The van der Waals surface area contributed by atoms with Crippen molar-refractivity contribution in [2.24, 2.45) is 5.73 Å². The molecular weight excluding hydrogens is 240 g/mol. The van der Waals surface area contributed by atoms with Gasteiger partial charge in [0.05, 0.1) is 12.6 Å². The van der Waals surface area contributed by atoms with E-state index in [1.54, 1.807) is 6.92 Å². The summed E-state index contributed by atoms with van der Waals surface area (Å²) < 4.78 is 24.8. The fourth-order valence-corrected chi connectivity index (χ4v) is 1.77. The molecule has 0 saturated heterocycles. The van der Waals surface area contributed by atoms with E-state index in [1.165, 1.54) is 4.90 Å². The summed E-state index contributed by atoms with van der Waals surface area (Å²) in [4.78, 5) is 13.3. The summed E-state index contributed by atoms with van der Waals surface area (Å²) in [5, 5.41) is 2.86. The number of hydrogen-bond donors (Lipinski definition) is 2. The van der Waals surface area contributed by atoms with Gasteiger partial charge in [0, 0.05) is 19.1 Å². The zero-order chi connectivity index (χ0) is 14.1. The van der Waals surface area contributed by atoms with E-state index < -0.39 is 19.0 Å². The molecule has 0 aromatic rings. The number of carbonyl (C=O) groups is 1. The molecule has 18 heavy (non-hydrogen) atoms. The summed E-state index contributed by atoms with van der Waals surface area (Å²) in [5.41, 5.74) is 5.38. The highest BCUT2D eigenvalue weighted by Crippen LogP contribution is 2.05. The Kier molecular flexibility index (Phi) is 8.83. The molecule has 3 N–H and O–H groups in total. The smallest absolute Gasteiger partial charge is 0.251 e. The van der Waals surface area contributed by atoms with Gasteiger partial charge in [0.25, 0.3) is 6.43 Å². The van der Waals surface area contributed by atoms with Crippen LogP contribution in [0.4, 0.5) is 8.78 Å². The molecule has 0 aromatic carbocycles. The van der Waals surface area contributed by atoms with Crippen LogP contribution in [0.25, 0.3) is 0 Å². The number of carbonyl (C=O) groups excluding carboxylic acids is 1. The van der Waals surface area contributed by atoms with E-state index in [1.807, 2.05) is 13.8 Å². The first-order chi connectivity index (χ1) is 8.46. The first kappa shape index (κ1) is 17.2. The Morgan fingerprint density at radius 3 is 2.28 bits per heavy atom. The van der Waals surface area contributed by atoms with Crippen molar-refractivity contribution >= 4 is 5.91 Å². The minimum absolute atomic E-state index is 0.103. The fourth-order valence-electron chi connectivity index (χ4n) is 1.77. The Hall–Kier alpha value is -0.750. The van der Waals surface area contributed by atoms with Gasteiger partial charge in [0.1, 0.15) is 0 Å². The lowest BCUT2D eigenvalue weighted by Gasteiger charge is -2.28. The second kappa shape index (κ2) is 9.22. The molecule has 6 heteroatoms. The highest BCUT2D eigenvalue weighted by Gasteiger charge is 2.24. The topological polar surface area (TPSA) is 58.4 Å². The molecule has 0 aromatic heterocycles. The molecule has 0 heterocycles. The van der Waals surface area contributed by atoms with Crippen molar-refractivity contribution < 1.29 is 13.6 Å². The molecular formula is C12H25F2N3O. The van der Waals surface area contributed by atoms with Gasteiger partial charge in [0.15, 0.2) is 0 Å². The van der Waals surface area contributed by atoms with Gasteiger partial charge in [0.2, 0.25) is 5.91 Å². The minimum atomic E-state index is -2.46. The summed E-state index contributed by atoms with van der Waals surface area (Å²) in [6, 6.07) is -0.477. The van der Waals surface area contributed by atoms with Crippen molar-refractivity contribution in [3.8, 4) is 0 Å². The molecule has 1 unspecified atom stereocenters. The maximum absolute atomic E-state index is 12.4. The fraction of sp³-hybridized carbons (Fsp3) is 0.917. The van der Waals surface area contributed by atoms with Crippen molar-refractivity contribution in [1.29, 1.82) is 0 Å². The molecule has 1 atom stereocenters. The molecule has 0 spiro atoms. The number of nitrogens with two attached hydrogens (primary N) is 1. The molecule has 4 nitrogen and oxygen atoms in total. The number of amides is 1. The monoisotopic (exact) mass is 265 g/mol. The van der Waals surface area contributed by atoms with E-state index in [0.29, 0.717) is 6.54 Å². The third-order valence-corrected chi connectivity index (χ3v) is 3.05. The maximum Gasteiger partial charge on any atom is 0.251 e. The standard InChI is InChI=1S/C12H25F2N3O/c1-4-10(5-2)16-12(18)9(3)17(7-6-15)8-11(13)14/h9-11H,4-8,15H2,1-3H3,(H,16,18). The van der Waals surface area contributed by atoms with Gasteiger partial charge in [-0.25, -0.2) is 8.78 Å². The van der Waals surface area contributed by atoms with Crippen LogP contribution in [-0.4, -0.2) is 49.0 Å². The van der Waals surface area contributed by atoms with Gasteiger partial charge >= 0.3 is 0 Å². The normalized spacial score (nSPS) is 13.4. The van der Waals surface area contributed by atoms with E-state index >= 15 is 0 Å². The van der Waals surface area contributed by atoms with E-state index in [0.717, 1.165) is 12.8 Å². The molecule has 0 aliphatic carbocycles. The van der Waals surface area contributed by atoms with Crippen LogP contribution in [0.3, 0.4) is 0 Å². The molecule has 108 valence electrons. The average molecular weight is 265 g/mol. The van der Waals surface area contributed by atoms with Gasteiger partial charge in [-0.1, -0.05) is 13.8 Å². The van der Waals surface area contributed by atoms with Crippen molar-refractivity contribution in [3.05, 3.63) is 0 Å². The largest absolute Gasteiger partial charge is 0.352 e. The van der Waals surface area contributed by atoms with Gasteiger partial charge in [-0.2, -0.15) is 0 Å². The molecule has 1 amide bonds. The van der Waals surface area contributed by atoms with Gasteiger partial charge in [-0.15, -0.1) is 0 Å². The Morgan fingerprint density at radius 1 is 1.33 bits per heavy atom. The van der Waals surface area contributed by atoms with Crippen LogP contribution in [0.15, 0.2) is 0 Å². The third kappa shape index (κ3) is 6.26. The number of hydrogen-bond acceptors (Lipinski definition) is 3. The summed E-state index contributed by atoms with van der Waals surface area (Å²) in [6.45, 7) is 5.73. The molecule has 0 saturated carbocycles. The zero-order valence-electron chi connectivity index (χ0n) is 11.5. The first-order valence-corrected chi connectivity index (χ1v) is 6.48. The van der Waals surface area contributed by atoms with Gasteiger partial charge in [-0.3, -0.25) is 9.69 Å². The Labute approximate surface area is 108 Å². The average Bonchev–Trinajstić information content (AvgIpc) is 2.33. The second-order valence-electron chi connectivity index (χ2n) is 4.37. The van der Waals surface area contributed by atoms with E-state index in [4.69, 9.17) is 5.73 Å². The minimum Gasteiger partial charge on any atom is -0.352 e. The lowest BCUT2D eigenvalue weighted by Crippen LogP contribution is -2.50. The van der Waals surface area contributed by atoms with Crippen molar-refractivity contribution in [3.63, 3.8) is 0 Å². The quantitative estimate of drug-likeness (QED) is 0.659. The van der Waals surface area contributed by atoms with Gasteiger partial charge < -0.3 is 11.1 Å². The Morgan fingerprint density at radius 2 is 1.89 bits per heavy atom. The molecule has 0 radical (unpaired) electrons. The van der Waals surface area contributed by atoms with Crippen LogP contribution in [0, 0.1) is 0 Å². The van der Waals surface area contributed by atoms with Crippen LogP contribution in [0.5, 0.6) is 0 Å². The predicted octanol–water partition coefficient (Wildman–Crippen LogP) is 1.21. The number of halogens is 2. The van der Waals surface area contributed by atoms with Crippen LogP contribution in [0.2, 0.25) is 0 Å². The lowest BCUT2D eigenvalue weighted by molar-refractivity contribution is -0.127. The Balaban J connectivity index is 4.44. The molecule has 0 aliphatic rings.